The highest BCUT2D eigenvalue weighted by Gasteiger charge is 2.52. The van der Waals surface area contributed by atoms with Gasteiger partial charge in [0.05, 0.1) is 28.1 Å². The second-order valence-electron chi connectivity index (χ2n) is 16.3. The van der Waals surface area contributed by atoms with Crippen molar-refractivity contribution in [3.8, 4) is 68.2 Å². The summed E-state index contributed by atoms with van der Waals surface area (Å²) in [5.74, 6) is 2.84. The molecule has 3 heterocycles. The first-order valence-electron chi connectivity index (χ1n) is 21.3. The zero-order valence-corrected chi connectivity index (χ0v) is 34.0. The number of fused-ring (bicyclic) bond motifs is 15. The number of benzene rings is 8. The molecule has 2 aliphatic rings. The lowest BCUT2D eigenvalue weighted by atomic mass is 9.70. The van der Waals surface area contributed by atoms with Crippen LogP contribution < -0.4 is 0 Å². The Morgan fingerprint density at radius 3 is 1.95 bits per heavy atom. The summed E-state index contributed by atoms with van der Waals surface area (Å²) < 4.78 is 8.90. The molecule has 13 rings (SSSR count). The highest BCUT2D eigenvalue weighted by Crippen LogP contribution is 2.64. The number of furan rings is 1. The van der Waals surface area contributed by atoms with Crippen LogP contribution in [0, 0.1) is 11.3 Å². The van der Waals surface area contributed by atoms with Crippen LogP contribution in [0.15, 0.2) is 180 Å². The maximum Gasteiger partial charge on any atom is 0.164 e. The predicted octanol–water partition coefficient (Wildman–Crippen LogP) is 12.9. The first-order valence-corrected chi connectivity index (χ1v) is 21.3. The fourth-order valence-electron chi connectivity index (χ4n) is 10.4. The number of hydrogen-bond acceptors (Lipinski definition) is 6. The van der Waals surface area contributed by atoms with E-state index in [1.807, 2.05) is 78.9 Å². The molecule has 3 aromatic heterocycles. The molecule has 0 N–H and O–H groups in total. The van der Waals surface area contributed by atoms with E-state index in [1.54, 1.807) is 0 Å². The van der Waals surface area contributed by atoms with Gasteiger partial charge in [0.15, 0.2) is 17.5 Å². The van der Waals surface area contributed by atoms with Gasteiger partial charge in [-0.2, -0.15) is 5.26 Å². The lowest BCUT2D eigenvalue weighted by molar-refractivity contribution is 0.668. The van der Waals surface area contributed by atoms with Crippen LogP contribution in [0.1, 0.15) is 40.6 Å². The van der Waals surface area contributed by atoms with Gasteiger partial charge in [0.1, 0.15) is 17.0 Å². The van der Waals surface area contributed by atoms with Crippen LogP contribution in [0.25, 0.3) is 95.1 Å². The van der Waals surface area contributed by atoms with Gasteiger partial charge < -0.3 is 4.42 Å². The molecule has 1 atom stereocenters. The number of rotatable bonds is 5. The van der Waals surface area contributed by atoms with E-state index in [9.17, 15) is 5.26 Å². The minimum absolute atomic E-state index is 0.557. The summed E-state index contributed by atoms with van der Waals surface area (Å²) in [6.07, 6.45) is 0.806. The number of aryl methyl sites for hydroxylation is 1. The Hall–Kier alpha value is -8.47. The lowest BCUT2D eigenvalue weighted by Crippen LogP contribution is -2.25. The van der Waals surface area contributed by atoms with E-state index < -0.39 is 5.41 Å². The standard InChI is InChI=1S/C56H34N6O/c1-2-50-58-46-19-11-12-20-47(46)62(50)37-23-26-43-40(31-37)38-17-9-10-18-42(38)56(43)44-25-22-36(55-60-53(34-13-5-3-6-14-34)59-54(61-55)35-15-7-4-8-16-35)30-41(44)51-45(56)27-28-48-52(51)39-24-21-33(32-57)29-49(39)63-48/h3-31H,2H2,1H3. The van der Waals surface area contributed by atoms with Crippen molar-refractivity contribution >= 4 is 33.0 Å². The monoisotopic (exact) mass is 806 g/mol. The average Bonchev–Trinajstić information content (AvgIpc) is 4.08. The molecule has 0 radical (unpaired) electrons. The Kier molecular flexibility index (Phi) is 7.43. The van der Waals surface area contributed by atoms with Crippen LogP contribution in [0.4, 0.5) is 0 Å². The van der Waals surface area contributed by atoms with E-state index in [4.69, 9.17) is 24.4 Å². The van der Waals surface area contributed by atoms with Gasteiger partial charge in [-0.3, -0.25) is 4.57 Å². The van der Waals surface area contributed by atoms with Crippen molar-refractivity contribution < 1.29 is 4.42 Å². The summed E-state index contributed by atoms with van der Waals surface area (Å²) >= 11 is 0. The van der Waals surface area contributed by atoms with Gasteiger partial charge in [-0.15, -0.1) is 0 Å². The molecule has 8 aromatic carbocycles. The van der Waals surface area contributed by atoms with Crippen molar-refractivity contribution in [2.45, 2.75) is 18.8 Å². The SMILES string of the molecule is CCc1nc2ccccc2n1-c1ccc2c(c1)-c1ccccc1C21c2ccc(-c3nc(-c4ccccc4)nc(-c4ccccc4)n3)cc2-c2c1ccc1oc3cc(C#N)ccc3c21. The Labute approximate surface area is 362 Å². The molecular formula is C56H34N6O. The summed E-state index contributed by atoms with van der Waals surface area (Å²) in [7, 11) is 0. The van der Waals surface area contributed by atoms with Crippen LogP contribution in [-0.4, -0.2) is 24.5 Å². The molecule has 7 heteroatoms. The maximum atomic E-state index is 9.85. The number of nitriles is 1. The molecule has 294 valence electrons. The van der Waals surface area contributed by atoms with Gasteiger partial charge in [-0.1, -0.05) is 128 Å². The van der Waals surface area contributed by atoms with Gasteiger partial charge >= 0.3 is 0 Å². The third-order valence-electron chi connectivity index (χ3n) is 13.1. The molecule has 0 amide bonds. The summed E-state index contributed by atoms with van der Waals surface area (Å²) in [5, 5.41) is 11.8. The second kappa shape index (κ2) is 13.3. The van der Waals surface area contributed by atoms with Gasteiger partial charge in [-0.05, 0) is 99.1 Å². The fourth-order valence-corrected chi connectivity index (χ4v) is 10.4. The zero-order chi connectivity index (χ0) is 41.8. The maximum absolute atomic E-state index is 9.85. The number of aromatic nitrogens is 5. The molecule has 7 nitrogen and oxygen atoms in total. The highest BCUT2D eigenvalue weighted by molar-refractivity contribution is 6.16. The van der Waals surface area contributed by atoms with Crippen molar-refractivity contribution in [3.63, 3.8) is 0 Å². The molecule has 0 aliphatic heterocycles. The molecule has 63 heavy (non-hydrogen) atoms. The summed E-state index contributed by atoms with van der Waals surface area (Å²) in [6, 6.07) is 63.5. The summed E-state index contributed by atoms with van der Waals surface area (Å²) in [5.41, 5.74) is 16.7. The minimum atomic E-state index is -0.647. The number of imidazole rings is 1. The Morgan fingerprint density at radius 2 is 1.19 bits per heavy atom. The molecule has 1 unspecified atom stereocenters. The molecular weight excluding hydrogens is 773 g/mol. The predicted molar refractivity (Wildman–Crippen MR) is 248 cm³/mol. The molecule has 0 saturated carbocycles. The molecule has 0 saturated heterocycles. The van der Waals surface area contributed by atoms with E-state index in [1.165, 1.54) is 33.4 Å². The van der Waals surface area contributed by atoms with Crippen LogP contribution >= 0.6 is 0 Å². The summed E-state index contributed by atoms with van der Waals surface area (Å²) in [6.45, 7) is 2.17. The summed E-state index contributed by atoms with van der Waals surface area (Å²) in [4.78, 5) is 20.3. The molecule has 0 fully saturated rings. The smallest absolute Gasteiger partial charge is 0.164 e. The number of hydrogen-bond donors (Lipinski definition) is 0. The average molecular weight is 807 g/mol. The Morgan fingerprint density at radius 1 is 0.540 bits per heavy atom. The molecule has 0 bridgehead atoms. The normalized spacial score (nSPS) is 14.5. The van der Waals surface area contributed by atoms with Crippen LogP contribution in [-0.2, 0) is 11.8 Å². The van der Waals surface area contributed by atoms with Crippen LogP contribution in [0.2, 0.25) is 0 Å². The second-order valence-corrected chi connectivity index (χ2v) is 16.3. The third-order valence-corrected chi connectivity index (χ3v) is 13.1. The largest absolute Gasteiger partial charge is 0.456 e. The van der Waals surface area contributed by atoms with Crippen LogP contribution in [0.3, 0.4) is 0 Å². The van der Waals surface area contributed by atoms with Gasteiger partial charge in [0, 0.05) is 39.6 Å². The van der Waals surface area contributed by atoms with E-state index in [2.05, 4.69) is 115 Å². The topological polar surface area (TPSA) is 93.4 Å². The highest BCUT2D eigenvalue weighted by atomic mass is 16.3. The van der Waals surface area contributed by atoms with E-state index in [0.717, 1.165) is 73.1 Å². The fraction of sp³-hybridized carbons (Fsp3) is 0.0536. The number of para-hydroxylation sites is 2. The quantitative estimate of drug-likeness (QED) is 0.172. The van der Waals surface area contributed by atoms with E-state index in [-0.39, 0.29) is 0 Å². The van der Waals surface area contributed by atoms with E-state index in [0.29, 0.717) is 28.6 Å². The van der Waals surface area contributed by atoms with E-state index >= 15 is 0 Å². The van der Waals surface area contributed by atoms with Crippen molar-refractivity contribution in [3.05, 3.63) is 210 Å². The third kappa shape index (κ3) is 4.95. The Bertz CT molecular complexity index is 3690. The first-order chi connectivity index (χ1) is 31.1. The van der Waals surface area contributed by atoms with Crippen molar-refractivity contribution in [2.24, 2.45) is 0 Å². The van der Waals surface area contributed by atoms with Crippen molar-refractivity contribution in [1.29, 1.82) is 5.26 Å². The van der Waals surface area contributed by atoms with Gasteiger partial charge in [-0.25, -0.2) is 19.9 Å². The van der Waals surface area contributed by atoms with Gasteiger partial charge in [0.2, 0.25) is 0 Å². The van der Waals surface area contributed by atoms with Crippen LogP contribution in [0.5, 0.6) is 0 Å². The minimum Gasteiger partial charge on any atom is -0.456 e. The van der Waals surface area contributed by atoms with Crippen molar-refractivity contribution in [1.82, 2.24) is 24.5 Å². The number of nitrogens with zero attached hydrogens (tertiary/aromatic N) is 6. The van der Waals surface area contributed by atoms with Crippen molar-refractivity contribution in [2.75, 3.05) is 0 Å². The first kappa shape index (κ1) is 35.3. The molecule has 2 aliphatic carbocycles. The molecule has 11 aromatic rings. The van der Waals surface area contributed by atoms with Gasteiger partial charge in [0.25, 0.3) is 0 Å². The zero-order valence-electron chi connectivity index (χ0n) is 34.0. The lowest BCUT2D eigenvalue weighted by Gasteiger charge is -2.30. The molecule has 1 spiro atoms. The Balaban J connectivity index is 1.10.